The molecular formula is C12H15FN2O. The Hall–Kier alpha value is -1.58. The summed E-state index contributed by atoms with van der Waals surface area (Å²) in [5, 5.41) is 2.79. The molecule has 0 atom stereocenters. The third-order valence-electron chi connectivity index (χ3n) is 2.79. The van der Waals surface area contributed by atoms with Crippen molar-refractivity contribution in [1.29, 1.82) is 0 Å². The number of carbonyl (C=O) groups excluding carboxylic acids is 1. The number of nitrogen functional groups attached to an aromatic ring is 1. The minimum absolute atomic E-state index is 0.184. The predicted molar refractivity (Wildman–Crippen MR) is 60.5 cm³/mol. The van der Waals surface area contributed by atoms with Gasteiger partial charge in [0.2, 0.25) is 0 Å². The number of nitrogens with two attached hydrogens (primary N) is 1. The van der Waals surface area contributed by atoms with E-state index < -0.39 is 5.82 Å². The van der Waals surface area contributed by atoms with Gasteiger partial charge in [-0.15, -0.1) is 0 Å². The van der Waals surface area contributed by atoms with Gasteiger partial charge in [-0.05, 0) is 30.5 Å². The molecule has 1 aromatic rings. The standard InChI is InChI=1S/C12H15FN2O/c13-9-3-4-10(11(14)7-9)12(16)15-6-5-8-1-2-8/h3-4,7-8H,1-2,5-6,14H2,(H,15,16). The zero-order valence-electron chi connectivity index (χ0n) is 9.00. The Balaban J connectivity index is 1.91. The molecule has 3 N–H and O–H groups in total. The van der Waals surface area contributed by atoms with Crippen molar-refractivity contribution in [2.24, 2.45) is 5.92 Å². The van der Waals surface area contributed by atoms with Gasteiger partial charge in [-0.1, -0.05) is 12.8 Å². The lowest BCUT2D eigenvalue weighted by molar-refractivity contribution is 0.0953. The molecule has 1 aliphatic carbocycles. The molecule has 1 aromatic carbocycles. The molecule has 0 heterocycles. The third-order valence-corrected chi connectivity index (χ3v) is 2.79. The van der Waals surface area contributed by atoms with Gasteiger partial charge in [-0.25, -0.2) is 4.39 Å². The monoisotopic (exact) mass is 222 g/mol. The largest absolute Gasteiger partial charge is 0.398 e. The lowest BCUT2D eigenvalue weighted by Crippen LogP contribution is -2.25. The van der Waals surface area contributed by atoms with Crippen LogP contribution in [0.3, 0.4) is 0 Å². The van der Waals surface area contributed by atoms with Crippen molar-refractivity contribution in [3.63, 3.8) is 0 Å². The lowest BCUT2D eigenvalue weighted by atomic mass is 10.1. The maximum Gasteiger partial charge on any atom is 0.253 e. The van der Waals surface area contributed by atoms with E-state index in [1.807, 2.05) is 0 Å². The molecule has 3 nitrogen and oxygen atoms in total. The fraction of sp³-hybridized carbons (Fsp3) is 0.417. The number of carbonyl (C=O) groups is 1. The van der Waals surface area contributed by atoms with Crippen LogP contribution < -0.4 is 11.1 Å². The van der Waals surface area contributed by atoms with E-state index in [0.717, 1.165) is 18.4 Å². The van der Waals surface area contributed by atoms with Gasteiger partial charge in [0.1, 0.15) is 5.82 Å². The van der Waals surface area contributed by atoms with Crippen molar-refractivity contribution in [3.05, 3.63) is 29.6 Å². The summed E-state index contributed by atoms with van der Waals surface area (Å²) in [4.78, 5) is 11.7. The first-order valence-corrected chi connectivity index (χ1v) is 5.50. The number of hydrogen-bond acceptors (Lipinski definition) is 2. The number of anilines is 1. The number of amides is 1. The summed E-state index contributed by atoms with van der Waals surface area (Å²) in [7, 11) is 0. The molecule has 0 unspecified atom stereocenters. The molecule has 1 amide bonds. The summed E-state index contributed by atoms with van der Waals surface area (Å²) in [6.07, 6.45) is 3.57. The highest BCUT2D eigenvalue weighted by molar-refractivity contribution is 5.99. The highest BCUT2D eigenvalue weighted by Crippen LogP contribution is 2.31. The molecule has 0 aromatic heterocycles. The molecule has 86 valence electrons. The van der Waals surface area contributed by atoms with Crippen LogP contribution in [0.5, 0.6) is 0 Å². The SMILES string of the molecule is Nc1cc(F)ccc1C(=O)NCCC1CC1. The first-order valence-electron chi connectivity index (χ1n) is 5.50. The first kappa shape index (κ1) is 10.9. The van der Waals surface area contributed by atoms with Gasteiger partial charge in [0.15, 0.2) is 0 Å². The Morgan fingerprint density at radius 2 is 2.25 bits per heavy atom. The van der Waals surface area contributed by atoms with Gasteiger partial charge >= 0.3 is 0 Å². The number of nitrogens with one attached hydrogen (secondary N) is 1. The molecule has 4 heteroatoms. The van der Waals surface area contributed by atoms with E-state index in [4.69, 9.17) is 5.73 Å². The fourth-order valence-corrected chi connectivity index (χ4v) is 1.63. The Labute approximate surface area is 93.8 Å². The molecular weight excluding hydrogens is 207 g/mol. The molecule has 0 radical (unpaired) electrons. The smallest absolute Gasteiger partial charge is 0.253 e. The van der Waals surface area contributed by atoms with Crippen LogP contribution in [0.1, 0.15) is 29.6 Å². The van der Waals surface area contributed by atoms with E-state index in [1.54, 1.807) is 0 Å². The van der Waals surface area contributed by atoms with E-state index in [9.17, 15) is 9.18 Å². The van der Waals surface area contributed by atoms with Crippen LogP contribution in [0.15, 0.2) is 18.2 Å². The summed E-state index contributed by atoms with van der Waals surface area (Å²) in [5.41, 5.74) is 6.09. The van der Waals surface area contributed by atoms with Crippen molar-refractivity contribution in [2.45, 2.75) is 19.3 Å². The summed E-state index contributed by atoms with van der Waals surface area (Å²) >= 11 is 0. The molecule has 0 aliphatic heterocycles. The normalized spacial score (nSPS) is 14.8. The minimum atomic E-state index is -0.424. The number of hydrogen-bond donors (Lipinski definition) is 2. The quantitative estimate of drug-likeness (QED) is 0.765. The van der Waals surface area contributed by atoms with Gasteiger partial charge in [-0.2, -0.15) is 0 Å². The van der Waals surface area contributed by atoms with Crippen LogP contribution in [0.4, 0.5) is 10.1 Å². The Bertz CT molecular complexity index is 402. The maximum atomic E-state index is 12.8. The van der Waals surface area contributed by atoms with Crippen LogP contribution in [-0.2, 0) is 0 Å². The fourth-order valence-electron chi connectivity index (χ4n) is 1.63. The first-order chi connectivity index (χ1) is 7.66. The topological polar surface area (TPSA) is 55.1 Å². The van der Waals surface area contributed by atoms with Gasteiger partial charge < -0.3 is 11.1 Å². The summed E-state index contributed by atoms with van der Waals surface area (Å²) in [6.45, 7) is 0.667. The van der Waals surface area contributed by atoms with Crippen LogP contribution in [0.25, 0.3) is 0 Å². The molecule has 0 saturated heterocycles. The van der Waals surface area contributed by atoms with Gasteiger partial charge in [0, 0.05) is 12.2 Å². The Morgan fingerprint density at radius 1 is 1.50 bits per heavy atom. The molecule has 0 bridgehead atoms. The molecule has 2 rings (SSSR count). The van der Waals surface area contributed by atoms with Crippen LogP contribution >= 0.6 is 0 Å². The van der Waals surface area contributed by atoms with Gasteiger partial charge in [0.05, 0.1) is 5.56 Å². The molecule has 1 saturated carbocycles. The van der Waals surface area contributed by atoms with E-state index in [1.165, 1.54) is 25.0 Å². The highest BCUT2D eigenvalue weighted by Gasteiger charge is 2.20. The molecule has 1 aliphatic rings. The number of benzene rings is 1. The zero-order chi connectivity index (χ0) is 11.5. The predicted octanol–water partition coefficient (Wildman–Crippen LogP) is 1.94. The highest BCUT2D eigenvalue weighted by atomic mass is 19.1. The Kier molecular flexibility index (Phi) is 3.08. The Morgan fingerprint density at radius 3 is 2.88 bits per heavy atom. The van der Waals surface area contributed by atoms with Crippen LogP contribution in [0.2, 0.25) is 0 Å². The molecule has 0 spiro atoms. The average molecular weight is 222 g/mol. The van der Waals surface area contributed by atoms with E-state index in [0.29, 0.717) is 12.1 Å². The zero-order valence-corrected chi connectivity index (χ0v) is 9.00. The van der Waals surface area contributed by atoms with Crippen molar-refractivity contribution in [3.8, 4) is 0 Å². The van der Waals surface area contributed by atoms with Crippen molar-refractivity contribution >= 4 is 11.6 Å². The molecule has 16 heavy (non-hydrogen) atoms. The molecule has 1 fully saturated rings. The van der Waals surface area contributed by atoms with Crippen molar-refractivity contribution in [1.82, 2.24) is 5.32 Å². The second-order valence-electron chi connectivity index (χ2n) is 4.22. The summed E-state index contributed by atoms with van der Waals surface area (Å²) in [5.74, 6) is 0.135. The van der Waals surface area contributed by atoms with Crippen molar-refractivity contribution in [2.75, 3.05) is 12.3 Å². The minimum Gasteiger partial charge on any atom is -0.398 e. The lowest BCUT2D eigenvalue weighted by Gasteiger charge is -2.06. The van der Waals surface area contributed by atoms with E-state index in [2.05, 4.69) is 5.32 Å². The van der Waals surface area contributed by atoms with E-state index in [-0.39, 0.29) is 11.6 Å². The van der Waals surface area contributed by atoms with E-state index >= 15 is 0 Å². The number of halogens is 1. The summed E-state index contributed by atoms with van der Waals surface area (Å²) in [6, 6.07) is 3.82. The van der Waals surface area contributed by atoms with Crippen LogP contribution in [0, 0.1) is 11.7 Å². The second-order valence-corrected chi connectivity index (χ2v) is 4.22. The maximum absolute atomic E-state index is 12.8. The average Bonchev–Trinajstić information content (AvgIpc) is 3.01. The van der Waals surface area contributed by atoms with Gasteiger partial charge in [0.25, 0.3) is 5.91 Å². The number of rotatable bonds is 4. The third kappa shape index (κ3) is 2.72. The second kappa shape index (κ2) is 4.51. The van der Waals surface area contributed by atoms with Gasteiger partial charge in [-0.3, -0.25) is 4.79 Å². The van der Waals surface area contributed by atoms with Crippen LogP contribution in [-0.4, -0.2) is 12.5 Å². The van der Waals surface area contributed by atoms with Crippen molar-refractivity contribution < 1.29 is 9.18 Å². The summed E-state index contributed by atoms with van der Waals surface area (Å²) < 4.78 is 12.8.